The first-order chi connectivity index (χ1) is 14.3. The van der Waals surface area contributed by atoms with Gasteiger partial charge in [-0.25, -0.2) is 9.18 Å². The largest absolute Gasteiger partial charge is 0.508 e. The Morgan fingerprint density at radius 2 is 2.00 bits per heavy atom. The summed E-state index contributed by atoms with van der Waals surface area (Å²) >= 11 is 0. The van der Waals surface area contributed by atoms with Gasteiger partial charge in [-0.3, -0.25) is 4.79 Å². The highest BCUT2D eigenvalue weighted by molar-refractivity contribution is 5.96. The van der Waals surface area contributed by atoms with Gasteiger partial charge in [0.15, 0.2) is 0 Å². The maximum atomic E-state index is 13.7. The predicted molar refractivity (Wildman–Crippen MR) is 107 cm³/mol. The lowest BCUT2D eigenvalue weighted by Gasteiger charge is -2.35. The van der Waals surface area contributed by atoms with E-state index in [2.05, 4.69) is 0 Å². The summed E-state index contributed by atoms with van der Waals surface area (Å²) in [5.74, 6) is -2.38. The number of nitrogens with zero attached hydrogens (tertiary/aromatic N) is 2. The topological polar surface area (TPSA) is 92.0 Å². The van der Waals surface area contributed by atoms with E-state index in [-0.39, 0.29) is 28.8 Å². The van der Waals surface area contributed by atoms with Gasteiger partial charge in [-0.05, 0) is 42.3 Å². The van der Waals surface area contributed by atoms with Gasteiger partial charge in [0.05, 0.1) is 24.8 Å². The van der Waals surface area contributed by atoms with Crippen LogP contribution in [0, 0.1) is 5.82 Å². The molecule has 1 atom stereocenters. The molecule has 2 N–H and O–H groups in total. The van der Waals surface area contributed by atoms with Crippen LogP contribution in [0.15, 0.2) is 42.6 Å². The minimum absolute atomic E-state index is 0.0745. The summed E-state index contributed by atoms with van der Waals surface area (Å²) in [6.07, 6.45) is 2.37. The van der Waals surface area contributed by atoms with E-state index < -0.39 is 11.8 Å². The van der Waals surface area contributed by atoms with Gasteiger partial charge in [-0.1, -0.05) is 0 Å². The first-order valence-corrected chi connectivity index (χ1v) is 9.53. The maximum absolute atomic E-state index is 13.7. The number of aromatic nitrogens is 1. The number of hydrogen-bond donors (Lipinski definition) is 2. The van der Waals surface area contributed by atoms with Crippen LogP contribution >= 0.6 is 0 Å². The third kappa shape index (κ3) is 3.73. The average molecular weight is 412 g/mol. The molecule has 1 aliphatic heterocycles. The molecule has 3 aromatic rings. The minimum atomic E-state index is -1.00. The molecule has 156 valence electrons. The van der Waals surface area contributed by atoms with Crippen LogP contribution in [-0.2, 0) is 18.2 Å². The third-order valence-electron chi connectivity index (χ3n) is 5.39. The third-order valence-corrected chi connectivity index (χ3v) is 5.39. The van der Waals surface area contributed by atoms with E-state index in [0.29, 0.717) is 26.2 Å². The molecule has 1 aliphatic rings. The lowest BCUT2D eigenvalue weighted by Crippen LogP contribution is -2.49. The summed E-state index contributed by atoms with van der Waals surface area (Å²) in [4.78, 5) is 26.0. The predicted octanol–water partition coefficient (Wildman–Crippen LogP) is 2.80. The molecule has 1 saturated heterocycles. The van der Waals surface area contributed by atoms with Gasteiger partial charge >= 0.3 is 5.97 Å². The Balaban J connectivity index is 1.66. The van der Waals surface area contributed by atoms with Crippen LogP contribution in [-0.4, -0.2) is 57.4 Å². The van der Waals surface area contributed by atoms with Crippen molar-refractivity contribution in [2.45, 2.75) is 12.5 Å². The number of aryl methyl sites for hydroxylation is 1. The van der Waals surface area contributed by atoms with Crippen molar-refractivity contribution < 1.29 is 28.9 Å². The number of carbonyl (C=O) groups excluding carboxylic acids is 1. The second-order valence-electron chi connectivity index (χ2n) is 7.43. The number of ether oxygens (including phenoxy) is 1. The molecule has 0 aliphatic carbocycles. The zero-order valence-electron chi connectivity index (χ0n) is 16.3. The number of carbonyl (C=O) groups is 2. The van der Waals surface area contributed by atoms with E-state index in [1.54, 1.807) is 23.1 Å². The number of amides is 1. The van der Waals surface area contributed by atoms with Crippen molar-refractivity contribution in [3.63, 3.8) is 0 Å². The Bertz CT molecular complexity index is 1120. The normalized spacial score (nSPS) is 16.7. The summed E-state index contributed by atoms with van der Waals surface area (Å²) in [5, 5.41) is 19.8. The highest BCUT2D eigenvalue weighted by Crippen LogP contribution is 2.26. The van der Waals surface area contributed by atoms with Crippen molar-refractivity contribution >= 4 is 22.8 Å². The number of fused-ring (bicyclic) bond motifs is 1. The summed E-state index contributed by atoms with van der Waals surface area (Å²) < 4.78 is 21.2. The molecule has 2 aromatic carbocycles. The van der Waals surface area contributed by atoms with Crippen LogP contribution in [0.2, 0.25) is 0 Å². The van der Waals surface area contributed by atoms with E-state index >= 15 is 0 Å². The van der Waals surface area contributed by atoms with Crippen molar-refractivity contribution in [1.29, 1.82) is 0 Å². The Kier molecular flexibility index (Phi) is 5.17. The average Bonchev–Trinajstić information content (AvgIpc) is 3.02. The number of morpholine rings is 1. The molecule has 8 heteroatoms. The Morgan fingerprint density at radius 3 is 2.73 bits per heavy atom. The maximum Gasteiger partial charge on any atom is 0.335 e. The van der Waals surface area contributed by atoms with E-state index in [9.17, 15) is 24.2 Å². The van der Waals surface area contributed by atoms with Crippen molar-refractivity contribution in [2.75, 3.05) is 19.8 Å². The Labute approximate surface area is 171 Å². The van der Waals surface area contributed by atoms with Crippen LogP contribution in [0.1, 0.15) is 26.3 Å². The van der Waals surface area contributed by atoms with E-state index in [1.807, 2.05) is 17.8 Å². The Morgan fingerprint density at radius 1 is 1.20 bits per heavy atom. The Hall–Kier alpha value is -3.39. The smallest absolute Gasteiger partial charge is 0.335 e. The second-order valence-corrected chi connectivity index (χ2v) is 7.43. The summed E-state index contributed by atoms with van der Waals surface area (Å²) in [5.41, 5.74) is 2.05. The first kappa shape index (κ1) is 19.9. The number of aromatic carboxylic acids is 1. The number of aromatic hydroxyl groups is 1. The standard InChI is InChI=1S/C22H21FN2O5/c1-24-11-15(19-9-13(22(28)29)2-3-20(19)24)7-17-12-30-5-4-25(17)21(27)14-6-16(23)10-18(26)8-14/h2-3,6,8-11,17,26H,4-5,7,12H2,1H3,(H,28,29)/t17-/m0/s1. The van der Waals surface area contributed by atoms with Crippen molar-refractivity contribution in [3.8, 4) is 5.75 Å². The van der Waals surface area contributed by atoms with Gasteiger partial charge in [-0.15, -0.1) is 0 Å². The van der Waals surface area contributed by atoms with Crippen LogP contribution in [0.25, 0.3) is 10.9 Å². The van der Waals surface area contributed by atoms with Gasteiger partial charge < -0.3 is 24.4 Å². The lowest BCUT2D eigenvalue weighted by molar-refractivity contribution is -0.00160. The molecular weight excluding hydrogens is 391 g/mol. The molecule has 30 heavy (non-hydrogen) atoms. The highest BCUT2D eigenvalue weighted by Gasteiger charge is 2.29. The fraction of sp³-hybridized carbons (Fsp3) is 0.273. The number of phenolic OH excluding ortho intramolecular Hbond substituents is 1. The number of rotatable bonds is 4. The summed E-state index contributed by atoms with van der Waals surface area (Å²) in [7, 11) is 1.88. The summed E-state index contributed by atoms with van der Waals surface area (Å²) in [6.45, 7) is 1.01. The SMILES string of the molecule is Cn1cc(C[C@H]2COCCN2C(=O)c2cc(O)cc(F)c2)c2cc(C(=O)O)ccc21. The molecule has 0 radical (unpaired) electrons. The fourth-order valence-electron chi connectivity index (χ4n) is 3.98. The molecule has 1 fully saturated rings. The molecule has 2 heterocycles. The van der Waals surface area contributed by atoms with E-state index in [0.717, 1.165) is 28.6 Å². The lowest BCUT2D eigenvalue weighted by atomic mass is 10.0. The number of benzene rings is 2. The molecule has 1 aromatic heterocycles. The molecule has 0 spiro atoms. The van der Waals surface area contributed by atoms with Gasteiger partial charge in [0.25, 0.3) is 5.91 Å². The quantitative estimate of drug-likeness (QED) is 0.688. The molecular formula is C22H21FN2O5. The molecule has 7 nitrogen and oxygen atoms in total. The number of phenols is 1. The molecule has 0 saturated carbocycles. The first-order valence-electron chi connectivity index (χ1n) is 9.53. The number of halogens is 1. The van der Waals surface area contributed by atoms with Gasteiger partial charge in [0.2, 0.25) is 0 Å². The van der Waals surface area contributed by atoms with Crippen molar-refractivity contribution in [1.82, 2.24) is 9.47 Å². The highest BCUT2D eigenvalue weighted by atomic mass is 19.1. The molecule has 0 unspecified atom stereocenters. The van der Waals surface area contributed by atoms with Crippen molar-refractivity contribution in [3.05, 3.63) is 65.1 Å². The monoisotopic (exact) mass is 412 g/mol. The van der Waals surface area contributed by atoms with Gasteiger partial charge in [0, 0.05) is 42.3 Å². The van der Waals surface area contributed by atoms with Crippen LogP contribution < -0.4 is 0 Å². The van der Waals surface area contributed by atoms with Crippen LogP contribution in [0.3, 0.4) is 0 Å². The fourth-order valence-corrected chi connectivity index (χ4v) is 3.98. The number of hydrogen-bond acceptors (Lipinski definition) is 4. The zero-order valence-corrected chi connectivity index (χ0v) is 16.3. The second kappa shape index (κ2) is 7.79. The number of carboxylic acid groups (broad SMARTS) is 1. The molecule has 4 rings (SSSR count). The van der Waals surface area contributed by atoms with Crippen LogP contribution in [0.5, 0.6) is 5.75 Å². The van der Waals surface area contributed by atoms with Crippen molar-refractivity contribution in [2.24, 2.45) is 7.05 Å². The number of carboxylic acids is 1. The zero-order chi connectivity index (χ0) is 21.4. The van der Waals surface area contributed by atoms with Crippen LogP contribution in [0.4, 0.5) is 4.39 Å². The van der Waals surface area contributed by atoms with E-state index in [1.165, 1.54) is 6.07 Å². The molecule has 1 amide bonds. The van der Waals surface area contributed by atoms with Gasteiger partial charge in [0.1, 0.15) is 11.6 Å². The van der Waals surface area contributed by atoms with E-state index in [4.69, 9.17) is 4.74 Å². The van der Waals surface area contributed by atoms with Gasteiger partial charge in [-0.2, -0.15) is 0 Å². The summed E-state index contributed by atoms with van der Waals surface area (Å²) in [6, 6.07) is 7.94. The molecule has 0 bridgehead atoms. The minimum Gasteiger partial charge on any atom is -0.508 e.